The Labute approximate surface area is 169 Å². The summed E-state index contributed by atoms with van der Waals surface area (Å²) in [6.45, 7) is 2.36. The van der Waals surface area contributed by atoms with E-state index in [4.69, 9.17) is 0 Å². The Balaban J connectivity index is 1.57. The minimum Gasteiger partial charge on any atom is -0.348 e. The lowest BCUT2D eigenvalue weighted by Gasteiger charge is -2.14. The van der Waals surface area contributed by atoms with E-state index in [9.17, 15) is 13.2 Å². The number of carbonyl (C=O) groups excluding carboxylic acids is 1. The van der Waals surface area contributed by atoms with E-state index < -0.39 is 10.0 Å². The van der Waals surface area contributed by atoms with Gasteiger partial charge in [-0.05, 0) is 42.8 Å². The van der Waals surface area contributed by atoms with Crippen LogP contribution in [0.3, 0.4) is 0 Å². The number of sulfonamides is 1. The molecule has 0 saturated carbocycles. The molecule has 0 fully saturated rings. The van der Waals surface area contributed by atoms with E-state index in [1.165, 1.54) is 12.4 Å². The van der Waals surface area contributed by atoms with Gasteiger partial charge in [-0.15, -0.1) is 0 Å². The highest BCUT2D eigenvalue weighted by Gasteiger charge is 2.11. The lowest BCUT2D eigenvalue weighted by Crippen LogP contribution is -2.35. The van der Waals surface area contributed by atoms with Gasteiger partial charge in [0.1, 0.15) is 12.7 Å². The van der Waals surface area contributed by atoms with Crippen molar-refractivity contribution in [1.82, 2.24) is 20.1 Å². The maximum Gasteiger partial charge on any atom is 0.255 e. The topological polar surface area (TPSA) is 106 Å². The highest BCUT2D eigenvalue weighted by atomic mass is 32.2. The summed E-state index contributed by atoms with van der Waals surface area (Å²) in [4.78, 5) is 16.2. The molecule has 0 spiro atoms. The van der Waals surface area contributed by atoms with E-state index in [1.807, 2.05) is 37.3 Å². The first-order chi connectivity index (χ1) is 13.9. The van der Waals surface area contributed by atoms with Crippen molar-refractivity contribution in [3.05, 3.63) is 83.8 Å². The fourth-order valence-corrected chi connectivity index (χ4v) is 3.45. The molecule has 3 aromatic rings. The lowest BCUT2D eigenvalue weighted by atomic mass is 10.2. The third-order valence-corrected chi connectivity index (χ3v) is 4.97. The molecule has 1 aromatic heterocycles. The number of amides is 1. The average molecular weight is 411 g/mol. The molecule has 8 nitrogen and oxygen atoms in total. The van der Waals surface area contributed by atoms with Crippen molar-refractivity contribution in [3.63, 3.8) is 0 Å². The molecular formula is C20H21N5O3S. The van der Waals surface area contributed by atoms with Crippen LogP contribution in [0.15, 0.2) is 72.7 Å². The predicted molar refractivity (Wildman–Crippen MR) is 111 cm³/mol. The van der Waals surface area contributed by atoms with Gasteiger partial charge in [0.05, 0.1) is 12.0 Å². The first-order valence-electron chi connectivity index (χ1n) is 8.90. The van der Waals surface area contributed by atoms with Crippen LogP contribution < -0.4 is 10.0 Å². The van der Waals surface area contributed by atoms with Crippen LogP contribution in [0.4, 0.5) is 5.69 Å². The monoisotopic (exact) mass is 411 g/mol. The van der Waals surface area contributed by atoms with Crippen molar-refractivity contribution < 1.29 is 13.2 Å². The van der Waals surface area contributed by atoms with Gasteiger partial charge < -0.3 is 5.32 Å². The number of hydrogen-bond donors (Lipinski definition) is 2. The van der Waals surface area contributed by atoms with Crippen LogP contribution in [0.2, 0.25) is 0 Å². The summed E-state index contributed by atoms with van der Waals surface area (Å²) in [5.41, 5.74) is 1.58. The third-order valence-electron chi connectivity index (χ3n) is 3.95. The number of benzene rings is 2. The van der Waals surface area contributed by atoms with Gasteiger partial charge in [0.15, 0.2) is 0 Å². The predicted octanol–water partition coefficient (Wildman–Crippen LogP) is 2.51. The van der Waals surface area contributed by atoms with E-state index in [0.29, 0.717) is 17.8 Å². The van der Waals surface area contributed by atoms with Crippen LogP contribution in [0, 0.1) is 0 Å². The van der Waals surface area contributed by atoms with Crippen LogP contribution in [0.5, 0.6) is 0 Å². The zero-order valence-electron chi connectivity index (χ0n) is 15.8. The Kier molecular flexibility index (Phi) is 6.40. The number of anilines is 1. The van der Waals surface area contributed by atoms with Gasteiger partial charge in [0.2, 0.25) is 0 Å². The fourth-order valence-electron chi connectivity index (χ4n) is 2.58. The van der Waals surface area contributed by atoms with Crippen molar-refractivity contribution in [3.8, 4) is 0 Å². The molecule has 29 heavy (non-hydrogen) atoms. The van der Waals surface area contributed by atoms with Crippen molar-refractivity contribution >= 4 is 27.7 Å². The van der Waals surface area contributed by atoms with E-state index in [0.717, 1.165) is 11.0 Å². The number of carbonyl (C=O) groups is 1. The SMILES string of the molecule is CC(Cn1cncn1)NC(=O)c1ccc(NS(=O)(=O)/C=C/c2ccccc2)cc1. The standard InChI is InChI=1S/C20H21N5O3S/c1-16(13-25-15-21-14-22-25)23-20(26)18-7-9-19(10-8-18)24-29(27,28)12-11-17-5-3-2-4-6-17/h2-12,14-16,24H,13H2,1H3,(H,23,26)/b12-11+. The molecule has 1 unspecified atom stereocenters. The molecule has 1 atom stereocenters. The molecular weight excluding hydrogens is 390 g/mol. The van der Waals surface area contributed by atoms with Crippen molar-refractivity contribution in [1.29, 1.82) is 0 Å². The third kappa shape index (κ3) is 6.28. The lowest BCUT2D eigenvalue weighted by molar-refractivity contribution is 0.0936. The molecule has 150 valence electrons. The molecule has 0 aliphatic heterocycles. The first-order valence-corrected chi connectivity index (χ1v) is 10.5. The molecule has 0 bridgehead atoms. The largest absolute Gasteiger partial charge is 0.348 e. The van der Waals surface area contributed by atoms with Crippen molar-refractivity contribution in [2.75, 3.05) is 4.72 Å². The Morgan fingerprint density at radius 1 is 1.14 bits per heavy atom. The van der Waals surface area contributed by atoms with Gasteiger partial charge in [0, 0.05) is 17.3 Å². The summed E-state index contributed by atoms with van der Waals surface area (Å²) < 4.78 is 28.5. The Hall–Kier alpha value is -3.46. The molecule has 0 aliphatic carbocycles. The molecule has 0 radical (unpaired) electrons. The summed E-state index contributed by atoms with van der Waals surface area (Å²) >= 11 is 0. The second-order valence-corrected chi connectivity index (χ2v) is 8.00. The van der Waals surface area contributed by atoms with Crippen LogP contribution in [-0.4, -0.2) is 35.1 Å². The Bertz CT molecular complexity index is 1060. The molecule has 0 saturated heterocycles. The average Bonchev–Trinajstić information content (AvgIpc) is 3.20. The summed E-state index contributed by atoms with van der Waals surface area (Å²) in [5.74, 6) is -0.254. The van der Waals surface area contributed by atoms with Crippen LogP contribution in [0.25, 0.3) is 6.08 Å². The maximum absolute atomic E-state index is 12.3. The molecule has 3 rings (SSSR count). The van der Waals surface area contributed by atoms with E-state index in [1.54, 1.807) is 35.3 Å². The summed E-state index contributed by atoms with van der Waals surface area (Å²) in [6, 6.07) is 15.2. The number of nitrogens with zero attached hydrogens (tertiary/aromatic N) is 3. The number of rotatable bonds is 8. The smallest absolute Gasteiger partial charge is 0.255 e. The van der Waals surface area contributed by atoms with Gasteiger partial charge in [-0.2, -0.15) is 5.10 Å². The molecule has 1 amide bonds. The van der Waals surface area contributed by atoms with Crippen molar-refractivity contribution in [2.45, 2.75) is 19.5 Å². The molecule has 0 aliphatic rings. The quantitative estimate of drug-likeness (QED) is 0.592. The molecule has 2 N–H and O–H groups in total. The second kappa shape index (κ2) is 9.16. The Morgan fingerprint density at radius 3 is 2.52 bits per heavy atom. The van der Waals surface area contributed by atoms with E-state index in [2.05, 4.69) is 20.1 Å². The Morgan fingerprint density at radius 2 is 1.86 bits per heavy atom. The van der Waals surface area contributed by atoms with Crippen molar-refractivity contribution in [2.24, 2.45) is 0 Å². The highest BCUT2D eigenvalue weighted by Crippen LogP contribution is 2.13. The summed E-state index contributed by atoms with van der Waals surface area (Å²) in [7, 11) is -3.66. The normalized spacial score (nSPS) is 12.6. The molecule has 2 aromatic carbocycles. The number of hydrogen-bond acceptors (Lipinski definition) is 5. The second-order valence-electron chi connectivity index (χ2n) is 6.43. The number of nitrogens with one attached hydrogen (secondary N) is 2. The van der Waals surface area contributed by atoms with Crippen LogP contribution in [-0.2, 0) is 16.6 Å². The maximum atomic E-state index is 12.3. The number of aromatic nitrogens is 3. The zero-order chi connectivity index (χ0) is 20.7. The van der Waals surface area contributed by atoms with Gasteiger partial charge in [-0.25, -0.2) is 13.4 Å². The summed E-state index contributed by atoms with van der Waals surface area (Å²) in [5, 5.41) is 7.97. The van der Waals surface area contributed by atoms with Crippen LogP contribution >= 0.6 is 0 Å². The minimum atomic E-state index is -3.66. The van der Waals surface area contributed by atoms with Gasteiger partial charge in [-0.3, -0.25) is 14.2 Å². The van der Waals surface area contributed by atoms with Gasteiger partial charge in [0.25, 0.3) is 15.9 Å². The molecule has 1 heterocycles. The zero-order valence-corrected chi connectivity index (χ0v) is 16.6. The van der Waals surface area contributed by atoms with Gasteiger partial charge in [-0.1, -0.05) is 30.3 Å². The first kappa shape index (κ1) is 20.3. The highest BCUT2D eigenvalue weighted by molar-refractivity contribution is 7.95. The van der Waals surface area contributed by atoms with Gasteiger partial charge >= 0.3 is 0 Å². The van der Waals surface area contributed by atoms with E-state index >= 15 is 0 Å². The van der Waals surface area contributed by atoms with E-state index in [-0.39, 0.29) is 11.9 Å². The fraction of sp³-hybridized carbons (Fsp3) is 0.150. The van der Waals surface area contributed by atoms with Crippen LogP contribution in [0.1, 0.15) is 22.8 Å². The summed E-state index contributed by atoms with van der Waals surface area (Å²) in [6.07, 6.45) is 4.53. The molecule has 9 heteroatoms. The minimum absolute atomic E-state index is 0.148.